The van der Waals surface area contributed by atoms with Gasteiger partial charge in [-0.2, -0.15) is 0 Å². The van der Waals surface area contributed by atoms with Gasteiger partial charge in [0.15, 0.2) is 11.5 Å². The third-order valence-corrected chi connectivity index (χ3v) is 5.08. The quantitative estimate of drug-likeness (QED) is 0.712. The molecular formula is C23H27N3O3. The van der Waals surface area contributed by atoms with Gasteiger partial charge >= 0.3 is 0 Å². The first-order valence-electron chi connectivity index (χ1n) is 10.1. The monoisotopic (exact) mass is 393 g/mol. The number of nitrogens with zero attached hydrogens (tertiary/aromatic N) is 2. The molecule has 2 aromatic heterocycles. The van der Waals surface area contributed by atoms with Crippen LogP contribution in [0.25, 0.3) is 5.65 Å². The Bertz CT molecular complexity index is 1050. The Morgan fingerprint density at radius 3 is 2.83 bits per heavy atom. The van der Waals surface area contributed by atoms with E-state index in [9.17, 15) is 4.79 Å². The number of ether oxygens (including phenoxy) is 2. The molecule has 0 fully saturated rings. The minimum Gasteiger partial charge on any atom is -0.490 e. The highest BCUT2D eigenvalue weighted by Crippen LogP contribution is 2.38. The van der Waals surface area contributed by atoms with Crippen LogP contribution in [0.15, 0.2) is 36.5 Å². The number of fused-ring (bicyclic) bond motifs is 3. The van der Waals surface area contributed by atoms with E-state index in [1.54, 1.807) is 0 Å². The molecule has 0 radical (unpaired) electrons. The maximum absolute atomic E-state index is 12.5. The van der Waals surface area contributed by atoms with Gasteiger partial charge in [-0.15, -0.1) is 0 Å². The predicted octanol–water partition coefficient (Wildman–Crippen LogP) is 3.98. The Morgan fingerprint density at radius 2 is 2.07 bits per heavy atom. The number of nitrogens with one attached hydrogen (secondary N) is 1. The Kier molecular flexibility index (Phi) is 5.18. The predicted molar refractivity (Wildman–Crippen MR) is 112 cm³/mol. The lowest BCUT2D eigenvalue weighted by atomic mass is 9.91. The first-order valence-corrected chi connectivity index (χ1v) is 10.1. The van der Waals surface area contributed by atoms with Crippen molar-refractivity contribution >= 4 is 11.6 Å². The summed E-state index contributed by atoms with van der Waals surface area (Å²) in [5.41, 5.74) is 5.03. The van der Waals surface area contributed by atoms with Crippen LogP contribution < -0.4 is 14.8 Å². The zero-order valence-corrected chi connectivity index (χ0v) is 17.4. The molecule has 152 valence electrons. The largest absolute Gasteiger partial charge is 0.490 e. The van der Waals surface area contributed by atoms with Gasteiger partial charge in [-0.25, -0.2) is 4.98 Å². The number of hydrogen-bond acceptors (Lipinski definition) is 4. The van der Waals surface area contributed by atoms with Crippen molar-refractivity contribution < 1.29 is 14.3 Å². The van der Waals surface area contributed by atoms with Crippen molar-refractivity contribution in [3.63, 3.8) is 0 Å². The molecule has 6 nitrogen and oxygen atoms in total. The van der Waals surface area contributed by atoms with E-state index < -0.39 is 0 Å². The smallest absolute Gasteiger partial charge is 0.221 e. The van der Waals surface area contributed by atoms with Gasteiger partial charge in [-0.3, -0.25) is 4.79 Å². The van der Waals surface area contributed by atoms with Crippen LogP contribution in [0.4, 0.5) is 0 Å². The van der Waals surface area contributed by atoms with Gasteiger partial charge in [0.25, 0.3) is 0 Å². The first-order chi connectivity index (χ1) is 14.0. The maximum Gasteiger partial charge on any atom is 0.221 e. The van der Waals surface area contributed by atoms with Crippen LogP contribution in [0, 0.1) is 6.92 Å². The summed E-state index contributed by atoms with van der Waals surface area (Å²) in [6.45, 7) is 8.99. The molecule has 1 aliphatic heterocycles. The van der Waals surface area contributed by atoms with Crippen molar-refractivity contribution in [2.45, 2.75) is 52.7 Å². The molecule has 0 saturated carbocycles. The second-order valence-corrected chi connectivity index (χ2v) is 7.72. The zero-order chi connectivity index (χ0) is 20.5. The summed E-state index contributed by atoms with van der Waals surface area (Å²) in [6.07, 6.45) is 2.51. The molecule has 0 aliphatic carbocycles. The van der Waals surface area contributed by atoms with Crippen molar-refractivity contribution in [3.8, 4) is 11.5 Å². The molecule has 29 heavy (non-hydrogen) atoms. The lowest BCUT2D eigenvalue weighted by molar-refractivity contribution is -0.121. The van der Waals surface area contributed by atoms with Gasteiger partial charge in [0, 0.05) is 18.5 Å². The number of carbonyl (C=O) groups excluding carboxylic acids is 1. The van der Waals surface area contributed by atoms with Crippen LogP contribution in [-0.4, -0.2) is 28.0 Å². The molecule has 6 heteroatoms. The Morgan fingerprint density at radius 1 is 1.24 bits per heavy atom. The summed E-state index contributed by atoms with van der Waals surface area (Å²) in [5.74, 6) is 1.33. The van der Waals surface area contributed by atoms with Crippen molar-refractivity contribution in [3.05, 3.63) is 59.0 Å². The minimum atomic E-state index is -0.114. The van der Waals surface area contributed by atoms with E-state index in [0.29, 0.717) is 25.3 Å². The second-order valence-electron chi connectivity index (χ2n) is 7.72. The van der Waals surface area contributed by atoms with E-state index in [4.69, 9.17) is 14.5 Å². The second kappa shape index (κ2) is 7.78. The molecule has 4 rings (SSSR count). The van der Waals surface area contributed by atoms with Gasteiger partial charge in [0.2, 0.25) is 5.91 Å². The van der Waals surface area contributed by atoms with E-state index in [0.717, 1.165) is 33.9 Å². The number of pyridine rings is 1. The van der Waals surface area contributed by atoms with Gasteiger partial charge < -0.3 is 19.2 Å². The SMILES string of the molecule is CCOc1cc(C2CC(=O)NCc3nc4ccc(C)cn4c32)ccc1OC(C)C. The van der Waals surface area contributed by atoms with Gasteiger partial charge in [-0.05, 0) is 57.0 Å². The summed E-state index contributed by atoms with van der Waals surface area (Å²) in [4.78, 5) is 17.2. The lowest BCUT2D eigenvalue weighted by Crippen LogP contribution is -2.21. The third kappa shape index (κ3) is 3.79. The van der Waals surface area contributed by atoms with Crippen molar-refractivity contribution in [2.75, 3.05) is 6.61 Å². The maximum atomic E-state index is 12.5. The highest BCUT2D eigenvalue weighted by Gasteiger charge is 2.29. The summed E-state index contributed by atoms with van der Waals surface area (Å²) < 4.78 is 13.9. The summed E-state index contributed by atoms with van der Waals surface area (Å²) >= 11 is 0. The van der Waals surface area contributed by atoms with Crippen molar-refractivity contribution in [1.29, 1.82) is 0 Å². The topological polar surface area (TPSA) is 64.9 Å². The molecule has 1 aliphatic rings. The lowest BCUT2D eigenvalue weighted by Gasteiger charge is -2.20. The first kappa shape index (κ1) is 19.3. The van der Waals surface area contributed by atoms with Crippen LogP contribution >= 0.6 is 0 Å². The molecule has 1 aromatic carbocycles. The Hall–Kier alpha value is -3.02. The number of aryl methyl sites for hydroxylation is 1. The fourth-order valence-electron chi connectivity index (χ4n) is 3.89. The Balaban J connectivity index is 1.85. The molecule has 1 N–H and O–H groups in total. The van der Waals surface area contributed by atoms with E-state index >= 15 is 0 Å². The van der Waals surface area contributed by atoms with Crippen LogP contribution in [0.5, 0.6) is 11.5 Å². The van der Waals surface area contributed by atoms with E-state index in [1.807, 2.05) is 45.0 Å². The van der Waals surface area contributed by atoms with Gasteiger partial charge in [0.1, 0.15) is 5.65 Å². The number of hydrogen-bond donors (Lipinski definition) is 1. The number of carbonyl (C=O) groups is 1. The van der Waals surface area contributed by atoms with Crippen molar-refractivity contribution in [1.82, 2.24) is 14.7 Å². The van der Waals surface area contributed by atoms with E-state index in [2.05, 4.69) is 28.9 Å². The standard InChI is InChI=1S/C23H27N3O3/c1-5-28-20-10-16(7-8-19(20)29-14(2)3)17-11-22(27)24-12-18-23(17)26-13-15(4)6-9-21(26)25-18/h6-10,13-14,17H,5,11-12H2,1-4H3,(H,24,27). The number of rotatable bonds is 5. The number of amides is 1. The van der Waals surface area contributed by atoms with E-state index in [1.165, 1.54) is 0 Å². The molecule has 1 atom stereocenters. The van der Waals surface area contributed by atoms with Crippen LogP contribution in [0.2, 0.25) is 0 Å². The summed E-state index contributed by atoms with van der Waals surface area (Å²) in [7, 11) is 0. The Labute approximate surface area is 170 Å². The number of benzene rings is 1. The molecule has 3 aromatic rings. The molecule has 1 unspecified atom stereocenters. The fourth-order valence-corrected chi connectivity index (χ4v) is 3.89. The third-order valence-electron chi connectivity index (χ3n) is 5.08. The number of imidazole rings is 1. The number of aromatic nitrogens is 2. The summed E-state index contributed by atoms with van der Waals surface area (Å²) in [6, 6.07) is 10.1. The normalized spacial score (nSPS) is 16.4. The molecule has 0 bridgehead atoms. The van der Waals surface area contributed by atoms with Gasteiger partial charge in [0.05, 0.1) is 30.6 Å². The van der Waals surface area contributed by atoms with Crippen LogP contribution in [0.3, 0.4) is 0 Å². The fraction of sp³-hybridized carbons (Fsp3) is 0.391. The minimum absolute atomic E-state index is 0.0230. The molecule has 0 spiro atoms. The molecule has 1 amide bonds. The molecule has 0 saturated heterocycles. The highest BCUT2D eigenvalue weighted by molar-refractivity contribution is 5.78. The van der Waals surface area contributed by atoms with Crippen molar-refractivity contribution in [2.24, 2.45) is 0 Å². The van der Waals surface area contributed by atoms with E-state index in [-0.39, 0.29) is 17.9 Å². The van der Waals surface area contributed by atoms with Crippen LogP contribution in [0.1, 0.15) is 55.6 Å². The highest BCUT2D eigenvalue weighted by atomic mass is 16.5. The average molecular weight is 393 g/mol. The average Bonchev–Trinajstić information content (AvgIpc) is 2.94. The van der Waals surface area contributed by atoms with Crippen LogP contribution in [-0.2, 0) is 11.3 Å². The summed E-state index contributed by atoms with van der Waals surface area (Å²) in [5, 5.41) is 2.98. The molecule has 3 heterocycles. The zero-order valence-electron chi connectivity index (χ0n) is 17.4. The van der Waals surface area contributed by atoms with Gasteiger partial charge in [-0.1, -0.05) is 12.1 Å². The molecular weight excluding hydrogens is 366 g/mol.